The number of hydrogen-bond acceptors (Lipinski definition) is 7. The molecule has 0 spiro atoms. The summed E-state index contributed by atoms with van der Waals surface area (Å²) < 4.78 is 71.6. The average molecular weight is 494 g/mol. The van der Waals surface area contributed by atoms with E-state index in [1.165, 1.54) is 0 Å². The minimum Gasteiger partial charge on any atom is -0.484 e. The molecule has 2 heterocycles. The monoisotopic (exact) mass is 493 g/mol. The molecule has 4 rings (SSSR count). The van der Waals surface area contributed by atoms with Gasteiger partial charge in [0.15, 0.2) is 6.61 Å². The smallest absolute Gasteiger partial charge is 0.484 e. The summed E-state index contributed by atoms with van der Waals surface area (Å²) in [5.41, 5.74) is 0. The molecule has 3 atom stereocenters. The highest BCUT2D eigenvalue weighted by Gasteiger charge is 2.43. The van der Waals surface area contributed by atoms with Crippen LogP contribution < -0.4 is 10.1 Å². The van der Waals surface area contributed by atoms with Crippen LogP contribution in [0, 0.1) is 0 Å². The maximum absolute atomic E-state index is 14.6. The highest BCUT2D eigenvalue weighted by molar-refractivity contribution is 6.30. The Hall–Kier alpha value is -2.44. The molecular formula is C20H20ClF4N3O5. The van der Waals surface area contributed by atoms with E-state index in [1.54, 1.807) is 24.3 Å². The van der Waals surface area contributed by atoms with Gasteiger partial charge in [-0.2, -0.15) is 0 Å². The third-order valence-electron chi connectivity index (χ3n) is 5.36. The standard InChI is InChI=1S/C20H20ClF4N3O5/c21-11-1-3-12(4-2-11)30-9-17(29)26-15-8-31-16(7-14(15)22)19-28-27-18(32-19)10-5-13(6-10)33-20(23,24)25/h1-4,10,13-16H,5-9H2,(H,26,29)/t10-,13+,14-,15-,16-/m1/s1. The number of nitrogens with one attached hydrogen (secondary N) is 1. The predicted molar refractivity (Wildman–Crippen MR) is 104 cm³/mol. The van der Waals surface area contributed by atoms with Crippen molar-refractivity contribution in [3.8, 4) is 5.75 Å². The topological polar surface area (TPSA) is 95.7 Å². The van der Waals surface area contributed by atoms with E-state index in [1.807, 2.05) is 0 Å². The molecular weight excluding hydrogens is 474 g/mol. The summed E-state index contributed by atoms with van der Waals surface area (Å²) in [5.74, 6) is -0.206. The summed E-state index contributed by atoms with van der Waals surface area (Å²) in [7, 11) is 0. The van der Waals surface area contributed by atoms with Crippen molar-refractivity contribution in [3.05, 3.63) is 41.1 Å². The highest BCUT2D eigenvalue weighted by atomic mass is 35.5. The Morgan fingerprint density at radius 1 is 1.15 bits per heavy atom. The van der Waals surface area contributed by atoms with Crippen LogP contribution in [0.25, 0.3) is 0 Å². The summed E-state index contributed by atoms with van der Waals surface area (Å²) in [6.45, 7) is -0.428. The molecule has 1 saturated carbocycles. The molecule has 2 fully saturated rings. The van der Waals surface area contributed by atoms with Crippen molar-refractivity contribution in [2.75, 3.05) is 13.2 Å². The van der Waals surface area contributed by atoms with E-state index in [4.69, 9.17) is 25.5 Å². The first-order valence-electron chi connectivity index (χ1n) is 10.2. The molecule has 1 amide bonds. The molecule has 2 aromatic rings. The number of aromatic nitrogens is 2. The van der Waals surface area contributed by atoms with E-state index >= 15 is 0 Å². The second-order valence-corrected chi connectivity index (χ2v) is 8.26. The first-order chi connectivity index (χ1) is 15.7. The Labute approximate surface area is 190 Å². The van der Waals surface area contributed by atoms with Crippen molar-refractivity contribution in [2.24, 2.45) is 0 Å². The number of halogens is 5. The van der Waals surface area contributed by atoms with Gasteiger partial charge in [-0.25, -0.2) is 4.39 Å². The van der Waals surface area contributed by atoms with Crippen LogP contribution in [0.4, 0.5) is 17.6 Å². The lowest BCUT2D eigenvalue weighted by Crippen LogP contribution is -2.49. The number of carbonyl (C=O) groups is 1. The van der Waals surface area contributed by atoms with Crippen LogP contribution in [0.3, 0.4) is 0 Å². The van der Waals surface area contributed by atoms with Gasteiger partial charge in [0.1, 0.15) is 18.0 Å². The number of hydrogen-bond donors (Lipinski definition) is 1. The van der Waals surface area contributed by atoms with Gasteiger partial charge in [-0.3, -0.25) is 9.53 Å². The van der Waals surface area contributed by atoms with Crippen LogP contribution >= 0.6 is 11.6 Å². The fraction of sp³-hybridized carbons (Fsp3) is 0.550. The summed E-state index contributed by atoms with van der Waals surface area (Å²) in [6, 6.07) is 5.56. The molecule has 2 aliphatic rings. The van der Waals surface area contributed by atoms with Gasteiger partial charge < -0.3 is 19.2 Å². The molecule has 1 saturated heterocycles. The summed E-state index contributed by atoms with van der Waals surface area (Å²) in [6.07, 6.45) is -7.81. The van der Waals surface area contributed by atoms with Crippen LogP contribution in [0.15, 0.2) is 28.7 Å². The average Bonchev–Trinajstić information content (AvgIpc) is 3.20. The van der Waals surface area contributed by atoms with Crippen LogP contribution in [0.2, 0.25) is 5.02 Å². The second-order valence-electron chi connectivity index (χ2n) is 7.82. The lowest BCUT2D eigenvalue weighted by molar-refractivity contribution is -0.352. The number of rotatable bonds is 7. The first kappa shape index (κ1) is 23.7. The van der Waals surface area contributed by atoms with Gasteiger partial charge in [0.25, 0.3) is 5.91 Å². The zero-order valence-corrected chi connectivity index (χ0v) is 17.8. The van der Waals surface area contributed by atoms with Gasteiger partial charge in [0.05, 0.1) is 18.8 Å². The van der Waals surface area contributed by atoms with Gasteiger partial charge in [-0.15, -0.1) is 23.4 Å². The van der Waals surface area contributed by atoms with Crippen molar-refractivity contribution in [3.63, 3.8) is 0 Å². The van der Waals surface area contributed by atoms with Crippen LogP contribution in [0.5, 0.6) is 5.75 Å². The van der Waals surface area contributed by atoms with Gasteiger partial charge >= 0.3 is 6.36 Å². The minimum atomic E-state index is -4.68. The number of ether oxygens (including phenoxy) is 3. The van der Waals surface area contributed by atoms with E-state index in [0.29, 0.717) is 10.8 Å². The number of amides is 1. The predicted octanol–water partition coefficient (Wildman–Crippen LogP) is 3.87. The lowest BCUT2D eigenvalue weighted by Gasteiger charge is -2.33. The van der Waals surface area contributed by atoms with Crippen molar-refractivity contribution < 1.29 is 41.0 Å². The Balaban J connectivity index is 1.22. The number of carbonyl (C=O) groups excluding carboxylic acids is 1. The quantitative estimate of drug-likeness (QED) is 0.585. The van der Waals surface area contributed by atoms with E-state index in [0.717, 1.165) is 0 Å². The highest BCUT2D eigenvalue weighted by Crippen LogP contribution is 2.41. The number of nitrogens with zero attached hydrogens (tertiary/aromatic N) is 2. The van der Waals surface area contributed by atoms with E-state index in [9.17, 15) is 22.4 Å². The molecule has 0 radical (unpaired) electrons. The third kappa shape index (κ3) is 6.33. The van der Waals surface area contributed by atoms with Crippen LogP contribution in [0.1, 0.15) is 43.1 Å². The molecule has 0 unspecified atom stereocenters. The van der Waals surface area contributed by atoms with E-state index < -0.39 is 36.7 Å². The van der Waals surface area contributed by atoms with Crippen molar-refractivity contribution >= 4 is 17.5 Å². The molecule has 180 valence electrons. The summed E-state index contributed by atoms with van der Waals surface area (Å²) in [5, 5.41) is 10.7. The van der Waals surface area contributed by atoms with Crippen molar-refractivity contribution in [1.29, 1.82) is 0 Å². The molecule has 0 bridgehead atoms. The van der Waals surface area contributed by atoms with Gasteiger partial charge in [0.2, 0.25) is 11.8 Å². The Morgan fingerprint density at radius 3 is 2.52 bits per heavy atom. The maximum atomic E-state index is 14.6. The minimum absolute atomic E-state index is 0.0451. The van der Waals surface area contributed by atoms with Gasteiger partial charge in [-0.05, 0) is 37.1 Å². The number of benzene rings is 1. The zero-order valence-electron chi connectivity index (χ0n) is 17.1. The SMILES string of the molecule is O=C(COc1ccc(Cl)cc1)N[C@@H]1CO[C@@H](c2nnc([C@H]3C[C@@H](OC(F)(F)F)C3)o2)C[C@H]1F. The largest absolute Gasteiger partial charge is 0.522 e. The molecule has 33 heavy (non-hydrogen) atoms. The molecule has 1 N–H and O–H groups in total. The zero-order chi connectivity index (χ0) is 23.6. The normalized spacial score (nSPS) is 27.6. The fourth-order valence-electron chi connectivity index (χ4n) is 3.59. The van der Waals surface area contributed by atoms with Crippen LogP contribution in [-0.4, -0.2) is 54.0 Å². The number of alkyl halides is 4. The fourth-order valence-corrected chi connectivity index (χ4v) is 3.71. The van der Waals surface area contributed by atoms with Crippen LogP contribution in [-0.2, 0) is 14.3 Å². The van der Waals surface area contributed by atoms with Crippen molar-refractivity contribution in [2.45, 2.75) is 56.0 Å². The molecule has 1 aliphatic carbocycles. The molecule has 1 aromatic carbocycles. The lowest BCUT2D eigenvalue weighted by atomic mass is 9.82. The van der Waals surface area contributed by atoms with Gasteiger partial charge in [0, 0.05) is 17.4 Å². The Kier molecular flexibility index (Phi) is 7.05. The van der Waals surface area contributed by atoms with Crippen molar-refractivity contribution in [1.82, 2.24) is 15.5 Å². The first-order valence-corrected chi connectivity index (χ1v) is 10.6. The molecule has 13 heteroatoms. The molecule has 1 aliphatic heterocycles. The summed E-state index contributed by atoms with van der Waals surface area (Å²) in [4.78, 5) is 12.1. The third-order valence-corrected chi connectivity index (χ3v) is 5.61. The second kappa shape index (κ2) is 9.82. The Morgan fingerprint density at radius 2 is 1.85 bits per heavy atom. The van der Waals surface area contributed by atoms with Gasteiger partial charge in [-0.1, -0.05) is 11.6 Å². The maximum Gasteiger partial charge on any atom is 0.522 e. The van der Waals surface area contributed by atoms with E-state index in [2.05, 4.69) is 20.3 Å². The summed E-state index contributed by atoms with van der Waals surface area (Å²) >= 11 is 5.78. The molecule has 1 aromatic heterocycles. The van der Waals surface area contributed by atoms with E-state index in [-0.39, 0.29) is 50.2 Å². The molecule has 8 nitrogen and oxygen atoms in total. The Bertz CT molecular complexity index is 952.